The molecule has 5 N–H and O–H groups in total. The number of primary amides is 1. The Kier molecular flexibility index (Phi) is 8.28. The van der Waals surface area contributed by atoms with Crippen LogP contribution in [0.25, 0.3) is 10.9 Å². The number of carbonyl (C=O) groups excluding carboxylic acids is 4. The quantitative estimate of drug-likeness (QED) is 0.357. The Bertz CT molecular complexity index is 1370. The molecule has 40 heavy (non-hydrogen) atoms. The van der Waals surface area contributed by atoms with Crippen LogP contribution in [0.1, 0.15) is 48.0 Å². The van der Waals surface area contributed by atoms with Gasteiger partial charge in [0.1, 0.15) is 12.1 Å². The highest BCUT2D eigenvalue weighted by Gasteiger charge is 2.39. The minimum Gasteiger partial charge on any atom is -0.368 e. The summed E-state index contributed by atoms with van der Waals surface area (Å²) in [5.41, 5.74) is 7.86. The van der Waals surface area contributed by atoms with Gasteiger partial charge in [-0.1, -0.05) is 37.5 Å². The first-order valence-corrected chi connectivity index (χ1v) is 13.8. The minimum absolute atomic E-state index is 0.0176. The lowest BCUT2D eigenvalue weighted by atomic mass is 9.95. The standard InChI is InChI=1S/C29H35N7O4/c30-26(37)24(15-20-17-32-23-11-5-4-10-22(20)23)34-27(38)25-18-35(28(39)19-7-6-12-31-16-19)13-14-36(25)29(40)33-21-8-2-1-3-9-21/h4-7,10-12,16-17,21,24-25,32H,1-3,8-9,13-15,18H2,(H2,30,37)(H,33,40)(H,34,38). The van der Waals surface area contributed by atoms with Gasteiger partial charge in [-0.2, -0.15) is 0 Å². The number of urea groups is 1. The van der Waals surface area contributed by atoms with Gasteiger partial charge in [0.2, 0.25) is 11.8 Å². The number of rotatable bonds is 7. The normalized spacial score (nSPS) is 18.8. The fourth-order valence-corrected chi connectivity index (χ4v) is 5.62. The summed E-state index contributed by atoms with van der Waals surface area (Å²) in [4.78, 5) is 62.9. The SMILES string of the molecule is NC(=O)C(Cc1c[nH]c2ccccc12)NC(=O)C1CN(C(=O)c2cccnc2)CCN1C(=O)NC1CCCCC1. The molecule has 2 aliphatic rings. The Morgan fingerprint density at radius 2 is 1.85 bits per heavy atom. The molecule has 210 valence electrons. The van der Waals surface area contributed by atoms with Gasteiger partial charge >= 0.3 is 6.03 Å². The number of fused-ring (bicyclic) bond motifs is 1. The van der Waals surface area contributed by atoms with E-state index in [1.807, 2.05) is 24.3 Å². The summed E-state index contributed by atoms with van der Waals surface area (Å²) in [7, 11) is 0. The monoisotopic (exact) mass is 545 g/mol. The number of aromatic amines is 1. The molecule has 0 radical (unpaired) electrons. The van der Waals surface area contributed by atoms with E-state index in [0.29, 0.717) is 5.56 Å². The number of amides is 5. The lowest BCUT2D eigenvalue weighted by Crippen LogP contribution is -2.65. The predicted molar refractivity (Wildman–Crippen MR) is 149 cm³/mol. The van der Waals surface area contributed by atoms with Crippen LogP contribution in [-0.4, -0.2) is 81.3 Å². The van der Waals surface area contributed by atoms with E-state index in [1.54, 1.807) is 29.4 Å². The summed E-state index contributed by atoms with van der Waals surface area (Å²) >= 11 is 0. The van der Waals surface area contributed by atoms with E-state index in [2.05, 4.69) is 20.6 Å². The maximum Gasteiger partial charge on any atom is 0.318 e. The highest BCUT2D eigenvalue weighted by Crippen LogP contribution is 2.21. The summed E-state index contributed by atoms with van der Waals surface area (Å²) in [6, 6.07) is 8.72. The van der Waals surface area contributed by atoms with Crippen molar-refractivity contribution in [2.75, 3.05) is 19.6 Å². The fraction of sp³-hybridized carbons (Fsp3) is 0.414. The number of piperazine rings is 1. The fourth-order valence-electron chi connectivity index (χ4n) is 5.62. The van der Waals surface area contributed by atoms with Crippen LogP contribution in [-0.2, 0) is 16.0 Å². The number of benzene rings is 1. The Balaban J connectivity index is 1.34. The van der Waals surface area contributed by atoms with E-state index in [1.165, 1.54) is 11.1 Å². The second-order valence-electron chi connectivity index (χ2n) is 10.5. The summed E-state index contributed by atoms with van der Waals surface area (Å²) in [6.45, 7) is 0.423. The number of H-pyrrole nitrogens is 1. The summed E-state index contributed by atoms with van der Waals surface area (Å²) in [5.74, 6) is -1.49. The van der Waals surface area contributed by atoms with Crippen molar-refractivity contribution in [3.05, 3.63) is 66.1 Å². The van der Waals surface area contributed by atoms with Gasteiger partial charge in [-0.3, -0.25) is 19.4 Å². The van der Waals surface area contributed by atoms with Crippen molar-refractivity contribution in [2.45, 2.75) is 56.7 Å². The van der Waals surface area contributed by atoms with Crippen LogP contribution in [0.3, 0.4) is 0 Å². The highest BCUT2D eigenvalue weighted by atomic mass is 16.2. The second kappa shape index (κ2) is 12.2. The lowest BCUT2D eigenvalue weighted by molar-refractivity contribution is -0.131. The number of para-hydroxylation sites is 1. The van der Waals surface area contributed by atoms with Crippen molar-refractivity contribution in [1.29, 1.82) is 0 Å². The van der Waals surface area contributed by atoms with Crippen LogP contribution in [0, 0.1) is 0 Å². The first-order chi connectivity index (χ1) is 19.4. The average molecular weight is 546 g/mol. The van der Waals surface area contributed by atoms with Crippen molar-refractivity contribution < 1.29 is 19.2 Å². The molecule has 1 aromatic carbocycles. The zero-order valence-corrected chi connectivity index (χ0v) is 22.3. The van der Waals surface area contributed by atoms with E-state index in [-0.39, 0.29) is 44.0 Å². The van der Waals surface area contributed by atoms with Crippen molar-refractivity contribution in [3.63, 3.8) is 0 Å². The molecule has 1 aliphatic carbocycles. The van der Waals surface area contributed by atoms with Gasteiger partial charge in [0.05, 0.1) is 12.1 Å². The third-order valence-electron chi connectivity index (χ3n) is 7.83. The van der Waals surface area contributed by atoms with Crippen molar-refractivity contribution in [2.24, 2.45) is 5.73 Å². The third-order valence-corrected chi connectivity index (χ3v) is 7.83. The number of pyridine rings is 1. The molecule has 3 aromatic rings. The van der Waals surface area contributed by atoms with Gasteiger partial charge in [-0.05, 0) is 36.6 Å². The van der Waals surface area contributed by atoms with Crippen molar-refractivity contribution >= 4 is 34.7 Å². The Labute approximate surface area is 232 Å². The van der Waals surface area contributed by atoms with Crippen LogP contribution < -0.4 is 16.4 Å². The van der Waals surface area contributed by atoms with Gasteiger partial charge in [0.25, 0.3) is 5.91 Å². The number of hydrogen-bond donors (Lipinski definition) is 4. The minimum atomic E-state index is -1.00. The van der Waals surface area contributed by atoms with E-state index in [0.717, 1.165) is 48.6 Å². The van der Waals surface area contributed by atoms with E-state index in [4.69, 9.17) is 5.73 Å². The topological polar surface area (TPSA) is 154 Å². The van der Waals surface area contributed by atoms with Crippen molar-refractivity contribution in [1.82, 2.24) is 30.4 Å². The first kappa shape index (κ1) is 27.2. The molecule has 5 rings (SSSR count). The number of aromatic nitrogens is 2. The molecule has 2 unspecified atom stereocenters. The number of carbonyl (C=O) groups is 4. The Hall–Kier alpha value is -4.41. The molecule has 1 saturated carbocycles. The maximum absolute atomic E-state index is 13.7. The summed E-state index contributed by atoms with van der Waals surface area (Å²) in [6.07, 6.45) is 10.1. The maximum atomic E-state index is 13.7. The summed E-state index contributed by atoms with van der Waals surface area (Å²) < 4.78 is 0. The smallest absolute Gasteiger partial charge is 0.318 e. The molecular weight excluding hydrogens is 510 g/mol. The molecule has 2 aromatic heterocycles. The molecular formula is C29H35N7O4. The highest BCUT2D eigenvalue weighted by molar-refractivity contribution is 5.96. The number of nitrogens with one attached hydrogen (secondary N) is 3. The number of nitrogens with zero attached hydrogens (tertiary/aromatic N) is 3. The molecule has 1 saturated heterocycles. The van der Waals surface area contributed by atoms with Crippen LogP contribution in [0.4, 0.5) is 4.79 Å². The Morgan fingerprint density at radius 3 is 2.60 bits per heavy atom. The van der Waals surface area contributed by atoms with E-state index in [9.17, 15) is 19.2 Å². The molecule has 11 heteroatoms. The van der Waals surface area contributed by atoms with Crippen LogP contribution in [0.15, 0.2) is 55.0 Å². The van der Waals surface area contributed by atoms with Gasteiger partial charge < -0.3 is 31.2 Å². The number of nitrogens with two attached hydrogens (primary N) is 1. The van der Waals surface area contributed by atoms with Gasteiger partial charge in [-0.15, -0.1) is 0 Å². The molecule has 0 spiro atoms. The van der Waals surface area contributed by atoms with E-state index >= 15 is 0 Å². The molecule has 3 heterocycles. The summed E-state index contributed by atoms with van der Waals surface area (Å²) in [5, 5.41) is 6.79. The van der Waals surface area contributed by atoms with E-state index < -0.39 is 23.9 Å². The van der Waals surface area contributed by atoms with Crippen LogP contribution in [0.2, 0.25) is 0 Å². The average Bonchev–Trinajstić information content (AvgIpc) is 3.39. The predicted octanol–water partition coefficient (Wildman–Crippen LogP) is 1.94. The molecule has 11 nitrogen and oxygen atoms in total. The third kappa shape index (κ3) is 6.08. The molecule has 2 fully saturated rings. The van der Waals surface area contributed by atoms with Crippen LogP contribution >= 0.6 is 0 Å². The lowest BCUT2D eigenvalue weighted by Gasteiger charge is -2.41. The van der Waals surface area contributed by atoms with Gasteiger partial charge in [-0.25, -0.2) is 4.79 Å². The molecule has 0 bridgehead atoms. The molecule has 1 aliphatic heterocycles. The zero-order valence-electron chi connectivity index (χ0n) is 22.3. The second-order valence-corrected chi connectivity index (χ2v) is 10.5. The first-order valence-electron chi connectivity index (χ1n) is 13.8. The van der Waals surface area contributed by atoms with Crippen LogP contribution in [0.5, 0.6) is 0 Å². The van der Waals surface area contributed by atoms with Gasteiger partial charge in [0, 0.05) is 55.0 Å². The largest absolute Gasteiger partial charge is 0.368 e. The van der Waals surface area contributed by atoms with Gasteiger partial charge in [0.15, 0.2) is 0 Å². The molecule has 5 amide bonds. The molecule has 2 atom stereocenters. The zero-order chi connectivity index (χ0) is 28.1. The van der Waals surface area contributed by atoms with Crippen molar-refractivity contribution in [3.8, 4) is 0 Å². The Morgan fingerprint density at radius 1 is 1.05 bits per heavy atom. The number of hydrogen-bond acceptors (Lipinski definition) is 5.